The average molecular weight is 366 g/mol. The minimum atomic E-state index is -3.41. The second kappa shape index (κ2) is 7.11. The molecule has 0 amide bonds. The van der Waals surface area contributed by atoms with Gasteiger partial charge in [0.25, 0.3) is 0 Å². The quantitative estimate of drug-likeness (QED) is 0.773. The highest BCUT2D eigenvalue weighted by molar-refractivity contribution is 9.10. The first kappa shape index (κ1) is 17.0. The van der Waals surface area contributed by atoms with E-state index in [0.717, 1.165) is 22.2 Å². The minimum absolute atomic E-state index is 0.0314. The normalized spacial score (nSPS) is 13.8. The number of rotatable bonds is 6. The Morgan fingerprint density at radius 3 is 2.53 bits per heavy atom. The van der Waals surface area contributed by atoms with E-state index in [1.165, 1.54) is 4.31 Å². The fourth-order valence-corrected chi connectivity index (χ4v) is 4.51. The van der Waals surface area contributed by atoms with E-state index in [9.17, 15) is 8.42 Å². The highest BCUT2D eigenvalue weighted by atomic mass is 79.9. The van der Waals surface area contributed by atoms with Crippen molar-refractivity contribution in [2.24, 2.45) is 0 Å². The van der Waals surface area contributed by atoms with E-state index in [0.29, 0.717) is 4.90 Å². The molecule has 0 heterocycles. The minimum Gasteiger partial charge on any atom is -0.207 e. The number of nitrogens with zero attached hydrogens (tertiary/aromatic N) is 1. The first-order valence-electron chi connectivity index (χ1n) is 6.07. The van der Waals surface area contributed by atoms with Crippen molar-refractivity contribution in [3.63, 3.8) is 0 Å². The molecule has 3 nitrogen and oxygen atoms in total. The molecular formula is C13H20BrNO2S2. The summed E-state index contributed by atoms with van der Waals surface area (Å²) in [6, 6.07) is 5.17. The third-order valence-corrected chi connectivity index (χ3v) is 6.66. The lowest BCUT2D eigenvalue weighted by Crippen LogP contribution is -2.38. The van der Waals surface area contributed by atoms with E-state index < -0.39 is 10.0 Å². The molecule has 1 atom stereocenters. The fourth-order valence-electron chi connectivity index (χ4n) is 1.81. The molecule has 108 valence electrons. The molecule has 1 rings (SSSR count). The summed E-state index contributed by atoms with van der Waals surface area (Å²) in [5.74, 6) is 0.807. The van der Waals surface area contributed by atoms with E-state index >= 15 is 0 Å². The summed E-state index contributed by atoms with van der Waals surface area (Å²) >= 11 is 5.05. The molecule has 0 fully saturated rings. The molecule has 0 aliphatic rings. The van der Waals surface area contributed by atoms with Crippen LogP contribution in [0.5, 0.6) is 0 Å². The summed E-state index contributed by atoms with van der Waals surface area (Å²) in [6.07, 6.45) is 2.80. The van der Waals surface area contributed by atoms with Crippen molar-refractivity contribution < 1.29 is 8.42 Å². The van der Waals surface area contributed by atoms with Gasteiger partial charge in [-0.25, -0.2) is 8.42 Å². The van der Waals surface area contributed by atoms with Crippen molar-refractivity contribution in [2.75, 3.05) is 19.1 Å². The lowest BCUT2D eigenvalue weighted by atomic mass is 10.2. The summed E-state index contributed by atoms with van der Waals surface area (Å²) in [6.45, 7) is 3.90. The van der Waals surface area contributed by atoms with Crippen LogP contribution in [0.3, 0.4) is 0 Å². The van der Waals surface area contributed by atoms with Gasteiger partial charge in [-0.1, -0.05) is 22.9 Å². The van der Waals surface area contributed by atoms with Gasteiger partial charge in [-0.05, 0) is 43.4 Å². The maximum Gasteiger partial charge on any atom is 0.243 e. The van der Waals surface area contributed by atoms with Crippen LogP contribution in [0, 0.1) is 6.92 Å². The van der Waals surface area contributed by atoms with E-state index in [4.69, 9.17) is 0 Å². The summed E-state index contributed by atoms with van der Waals surface area (Å²) in [4.78, 5) is 0.357. The molecule has 0 aromatic heterocycles. The van der Waals surface area contributed by atoms with Gasteiger partial charge in [0.05, 0.1) is 4.90 Å². The molecule has 1 aromatic rings. The number of sulfonamides is 1. The van der Waals surface area contributed by atoms with Crippen molar-refractivity contribution in [2.45, 2.75) is 31.2 Å². The highest BCUT2D eigenvalue weighted by Gasteiger charge is 2.26. The lowest BCUT2D eigenvalue weighted by molar-refractivity contribution is 0.385. The van der Waals surface area contributed by atoms with E-state index in [1.54, 1.807) is 37.0 Å². The van der Waals surface area contributed by atoms with Gasteiger partial charge in [0, 0.05) is 23.3 Å². The zero-order chi connectivity index (χ0) is 14.6. The molecule has 0 N–H and O–H groups in total. The Hall–Kier alpha value is -0.0400. The molecule has 0 radical (unpaired) electrons. The molecule has 0 aliphatic carbocycles. The van der Waals surface area contributed by atoms with Crippen molar-refractivity contribution in [3.8, 4) is 0 Å². The van der Waals surface area contributed by atoms with Crippen molar-refractivity contribution in [1.29, 1.82) is 0 Å². The zero-order valence-corrected chi connectivity index (χ0v) is 14.9. The van der Waals surface area contributed by atoms with Crippen LogP contribution in [0.1, 0.15) is 18.9 Å². The van der Waals surface area contributed by atoms with Crippen molar-refractivity contribution in [1.82, 2.24) is 4.31 Å². The molecular weight excluding hydrogens is 346 g/mol. The van der Waals surface area contributed by atoms with Crippen LogP contribution in [0.4, 0.5) is 0 Å². The first-order valence-corrected chi connectivity index (χ1v) is 9.70. The first-order chi connectivity index (χ1) is 8.84. The number of hydrogen-bond acceptors (Lipinski definition) is 3. The van der Waals surface area contributed by atoms with Gasteiger partial charge in [0.15, 0.2) is 0 Å². The fraction of sp³-hybridized carbons (Fsp3) is 0.538. The second-order valence-corrected chi connectivity index (χ2v) is 8.21. The van der Waals surface area contributed by atoms with Gasteiger partial charge in [-0.2, -0.15) is 16.1 Å². The monoisotopic (exact) mass is 365 g/mol. The van der Waals surface area contributed by atoms with E-state index in [-0.39, 0.29) is 6.04 Å². The van der Waals surface area contributed by atoms with Crippen molar-refractivity contribution >= 4 is 37.7 Å². The zero-order valence-electron chi connectivity index (χ0n) is 11.7. The standard InChI is InChI=1S/C13H20BrNO2S2/c1-5-11(9-18-4)15(3)19(16,17)12-6-7-13(14)10(2)8-12/h6-8,11H,5,9H2,1-4H3. The van der Waals surface area contributed by atoms with Crippen LogP contribution in [-0.2, 0) is 10.0 Å². The van der Waals surface area contributed by atoms with E-state index in [1.807, 2.05) is 20.1 Å². The Kier molecular flexibility index (Phi) is 6.36. The molecule has 0 saturated carbocycles. The van der Waals surface area contributed by atoms with Gasteiger partial charge in [-0.15, -0.1) is 0 Å². The predicted octanol–water partition coefficient (Wildman–Crippen LogP) is 3.52. The molecule has 19 heavy (non-hydrogen) atoms. The topological polar surface area (TPSA) is 37.4 Å². The highest BCUT2D eigenvalue weighted by Crippen LogP contribution is 2.24. The number of hydrogen-bond donors (Lipinski definition) is 0. The maximum atomic E-state index is 12.6. The van der Waals surface area contributed by atoms with E-state index in [2.05, 4.69) is 15.9 Å². The molecule has 0 aliphatic heterocycles. The summed E-state index contributed by atoms with van der Waals surface area (Å²) in [5.41, 5.74) is 0.924. The van der Waals surface area contributed by atoms with Gasteiger partial charge >= 0.3 is 0 Å². The molecule has 0 spiro atoms. The molecule has 1 unspecified atom stereocenters. The molecule has 1 aromatic carbocycles. The largest absolute Gasteiger partial charge is 0.243 e. The third kappa shape index (κ3) is 3.97. The Balaban J connectivity index is 3.11. The van der Waals surface area contributed by atoms with Crippen LogP contribution in [-0.4, -0.2) is 37.8 Å². The van der Waals surface area contributed by atoms with Gasteiger partial charge in [0.1, 0.15) is 0 Å². The second-order valence-electron chi connectivity index (χ2n) is 4.45. The number of thioether (sulfide) groups is 1. The molecule has 0 bridgehead atoms. The van der Waals surface area contributed by atoms with Crippen LogP contribution in [0.15, 0.2) is 27.6 Å². The predicted molar refractivity (Wildman–Crippen MR) is 86.3 cm³/mol. The summed E-state index contributed by atoms with van der Waals surface area (Å²) in [5, 5.41) is 0. The number of benzene rings is 1. The van der Waals surface area contributed by atoms with Gasteiger partial charge < -0.3 is 0 Å². The Morgan fingerprint density at radius 2 is 2.05 bits per heavy atom. The third-order valence-electron chi connectivity index (χ3n) is 3.15. The Morgan fingerprint density at radius 1 is 1.42 bits per heavy atom. The summed E-state index contributed by atoms with van der Waals surface area (Å²) < 4.78 is 27.6. The van der Waals surface area contributed by atoms with Gasteiger partial charge in [-0.3, -0.25) is 0 Å². The number of aryl methyl sites for hydroxylation is 1. The number of halogens is 1. The molecule has 0 saturated heterocycles. The Bertz CT molecular complexity index is 531. The van der Waals surface area contributed by atoms with Gasteiger partial charge in [0.2, 0.25) is 10.0 Å². The van der Waals surface area contributed by atoms with Crippen LogP contribution in [0.2, 0.25) is 0 Å². The molecule has 6 heteroatoms. The Labute approximate surface area is 128 Å². The smallest absolute Gasteiger partial charge is 0.207 e. The van der Waals surface area contributed by atoms with Crippen molar-refractivity contribution in [3.05, 3.63) is 28.2 Å². The average Bonchev–Trinajstić information content (AvgIpc) is 2.38. The van der Waals surface area contributed by atoms with Crippen LogP contribution < -0.4 is 0 Å². The van der Waals surface area contributed by atoms with Crippen LogP contribution >= 0.6 is 27.7 Å². The lowest BCUT2D eigenvalue weighted by Gasteiger charge is -2.26. The SMILES string of the molecule is CCC(CSC)N(C)S(=O)(=O)c1ccc(Br)c(C)c1. The summed E-state index contributed by atoms with van der Waals surface area (Å²) in [7, 11) is -1.75. The van der Waals surface area contributed by atoms with Crippen LogP contribution in [0.25, 0.3) is 0 Å². The maximum absolute atomic E-state index is 12.6.